The summed E-state index contributed by atoms with van der Waals surface area (Å²) in [7, 11) is 0. The van der Waals surface area contributed by atoms with Crippen LogP contribution in [0.3, 0.4) is 0 Å². The van der Waals surface area contributed by atoms with Gasteiger partial charge in [0.2, 0.25) is 0 Å². The molecule has 1 unspecified atom stereocenters. The van der Waals surface area contributed by atoms with Gasteiger partial charge in [-0.2, -0.15) is 0 Å². The van der Waals surface area contributed by atoms with Crippen LogP contribution in [-0.2, 0) is 10.3 Å². The average Bonchev–Trinajstić information content (AvgIpc) is 2.48. The van der Waals surface area contributed by atoms with E-state index in [1.807, 2.05) is 19.1 Å². The van der Waals surface area contributed by atoms with Crippen molar-refractivity contribution in [1.82, 2.24) is 5.32 Å². The molecule has 1 heterocycles. The third kappa shape index (κ3) is 1.55. The lowest BCUT2D eigenvalue weighted by molar-refractivity contribution is 0.0704. The highest BCUT2D eigenvalue weighted by Gasteiger charge is 2.37. The number of nitrogens with one attached hydrogen (secondary N) is 1. The molecule has 1 amide bonds. The Morgan fingerprint density at radius 3 is 2.57 bits per heavy atom. The number of hydrogen-bond acceptors (Lipinski definition) is 2. The van der Waals surface area contributed by atoms with Gasteiger partial charge in [-0.1, -0.05) is 23.7 Å². The van der Waals surface area contributed by atoms with E-state index in [1.54, 1.807) is 12.1 Å². The van der Waals surface area contributed by atoms with Gasteiger partial charge in [0.1, 0.15) is 0 Å². The highest BCUT2D eigenvalue weighted by molar-refractivity contribution is 6.30. The summed E-state index contributed by atoms with van der Waals surface area (Å²) in [5.41, 5.74) is 0.377. The Morgan fingerprint density at radius 2 is 2.07 bits per heavy atom. The zero-order valence-corrected chi connectivity index (χ0v) is 8.47. The van der Waals surface area contributed by atoms with Crippen LogP contribution in [0.15, 0.2) is 24.3 Å². The molecule has 1 saturated heterocycles. The number of hydrogen-bond donors (Lipinski definition) is 1. The standard InChI is InChI=1S/C10H10ClNO2/c1-10(6-12-9(13)14-10)7-2-4-8(11)5-3-7/h2-5H,6H2,1H3,(H,12,13). The molecule has 1 atom stereocenters. The molecule has 3 nitrogen and oxygen atoms in total. The molecule has 0 bridgehead atoms. The molecule has 4 heteroatoms. The Balaban J connectivity index is 2.30. The smallest absolute Gasteiger partial charge is 0.408 e. The van der Waals surface area contributed by atoms with Crippen LogP contribution in [0.5, 0.6) is 0 Å². The summed E-state index contributed by atoms with van der Waals surface area (Å²) < 4.78 is 5.18. The van der Waals surface area contributed by atoms with Crippen molar-refractivity contribution in [2.24, 2.45) is 0 Å². The summed E-state index contributed by atoms with van der Waals surface area (Å²) in [6.45, 7) is 2.36. The van der Waals surface area contributed by atoms with Crippen molar-refractivity contribution in [3.63, 3.8) is 0 Å². The Labute approximate surface area is 87.0 Å². The van der Waals surface area contributed by atoms with E-state index in [0.29, 0.717) is 11.6 Å². The summed E-state index contributed by atoms with van der Waals surface area (Å²) >= 11 is 5.77. The summed E-state index contributed by atoms with van der Waals surface area (Å²) in [6.07, 6.45) is -0.373. The normalized spacial score (nSPS) is 25.7. The van der Waals surface area contributed by atoms with Crippen LogP contribution in [0, 0.1) is 0 Å². The van der Waals surface area contributed by atoms with Gasteiger partial charge in [-0.05, 0) is 24.6 Å². The van der Waals surface area contributed by atoms with Crippen LogP contribution in [0.4, 0.5) is 4.79 Å². The van der Waals surface area contributed by atoms with Gasteiger partial charge in [0.05, 0.1) is 6.54 Å². The zero-order valence-electron chi connectivity index (χ0n) is 7.71. The lowest BCUT2D eigenvalue weighted by Crippen LogP contribution is -2.26. The van der Waals surface area contributed by atoms with Crippen LogP contribution in [0.1, 0.15) is 12.5 Å². The van der Waals surface area contributed by atoms with E-state index in [2.05, 4.69) is 5.32 Å². The van der Waals surface area contributed by atoms with Crippen molar-refractivity contribution in [2.45, 2.75) is 12.5 Å². The molecule has 0 aliphatic carbocycles. The van der Waals surface area contributed by atoms with Crippen molar-refractivity contribution < 1.29 is 9.53 Å². The van der Waals surface area contributed by atoms with Gasteiger partial charge in [0.15, 0.2) is 5.60 Å². The monoisotopic (exact) mass is 211 g/mol. The third-order valence-corrected chi connectivity index (χ3v) is 2.59. The molecule has 14 heavy (non-hydrogen) atoms. The predicted molar refractivity (Wildman–Crippen MR) is 53.3 cm³/mol. The molecule has 2 rings (SSSR count). The Kier molecular flexibility index (Phi) is 2.11. The number of amides is 1. The quantitative estimate of drug-likeness (QED) is 0.774. The number of halogens is 1. The first-order valence-electron chi connectivity index (χ1n) is 4.33. The van der Waals surface area contributed by atoms with Crippen molar-refractivity contribution in [3.8, 4) is 0 Å². The third-order valence-electron chi connectivity index (χ3n) is 2.34. The largest absolute Gasteiger partial charge is 0.436 e. The fraction of sp³-hybridized carbons (Fsp3) is 0.300. The zero-order chi connectivity index (χ0) is 10.2. The second-order valence-corrected chi connectivity index (χ2v) is 3.92. The number of carbonyl (C=O) groups is 1. The Hall–Kier alpha value is -1.22. The van der Waals surface area contributed by atoms with Crippen molar-refractivity contribution in [1.29, 1.82) is 0 Å². The first-order valence-corrected chi connectivity index (χ1v) is 4.71. The van der Waals surface area contributed by atoms with Gasteiger partial charge in [0, 0.05) is 5.02 Å². The molecule has 0 saturated carbocycles. The molecule has 0 spiro atoms. The van der Waals surface area contributed by atoms with Gasteiger partial charge in [-0.25, -0.2) is 4.79 Å². The summed E-state index contributed by atoms with van der Waals surface area (Å²) in [5.74, 6) is 0. The van der Waals surface area contributed by atoms with Gasteiger partial charge >= 0.3 is 6.09 Å². The first-order chi connectivity index (χ1) is 6.60. The minimum absolute atomic E-state index is 0.373. The van der Waals surface area contributed by atoms with E-state index < -0.39 is 5.60 Å². The van der Waals surface area contributed by atoms with E-state index in [9.17, 15) is 4.79 Å². The lowest BCUT2D eigenvalue weighted by Gasteiger charge is -2.21. The van der Waals surface area contributed by atoms with E-state index in [0.717, 1.165) is 5.56 Å². The fourth-order valence-electron chi connectivity index (χ4n) is 1.48. The summed E-state index contributed by atoms with van der Waals surface area (Å²) in [5, 5.41) is 3.30. The number of cyclic esters (lactones) is 1. The maximum Gasteiger partial charge on any atom is 0.408 e. The molecule has 1 aliphatic rings. The number of rotatable bonds is 1. The van der Waals surface area contributed by atoms with Gasteiger partial charge in [-0.3, -0.25) is 0 Å². The topological polar surface area (TPSA) is 38.3 Å². The molecule has 74 valence electrons. The molecule has 1 N–H and O–H groups in total. The van der Waals surface area contributed by atoms with E-state index in [1.165, 1.54) is 0 Å². The van der Waals surface area contributed by atoms with Crippen molar-refractivity contribution in [3.05, 3.63) is 34.9 Å². The van der Waals surface area contributed by atoms with Crippen LogP contribution in [-0.4, -0.2) is 12.6 Å². The van der Waals surface area contributed by atoms with Crippen LogP contribution in [0.25, 0.3) is 0 Å². The summed E-state index contributed by atoms with van der Waals surface area (Å²) in [4.78, 5) is 10.9. The molecule has 0 radical (unpaired) electrons. The molecule has 1 aromatic carbocycles. The first kappa shape index (κ1) is 9.34. The second kappa shape index (κ2) is 3.17. The number of alkyl carbamates (subject to hydrolysis) is 1. The van der Waals surface area contributed by atoms with E-state index in [4.69, 9.17) is 16.3 Å². The number of ether oxygens (including phenoxy) is 1. The minimum atomic E-state index is -0.568. The lowest BCUT2D eigenvalue weighted by atomic mass is 9.97. The van der Waals surface area contributed by atoms with Crippen LogP contribution >= 0.6 is 11.6 Å². The highest BCUT2D eigenvalue weighted by atomic mass is 35.5. The van der Waals surface area contributed by atoms with Crippen molar-refractivity contribution in [2.75, 3.05) is 6.54 Å². The molecular weight excluding hydrogens is 202 g/mol. The Bertz CT molecular complexity index is 363. The van der Waals surface area contributed by atoms with Gasteiger partial charge in [0.25, 0.3) is 0 Å². The molecule has 1 fully saturated rings. The highest BCUT2D eigenvalue weighted by Crippen LogP contribution is 2.29. The molecule has 1 aromatic rings. The van der Waals surface area contributed by atoms with Crippen molar-refractivity contribution >= 4 is 17.7 Å². The molecular formula is C10H10ClNO2. The SMILES string of the molecule is CC1(c2ccc(Cl)cc2)CNC(=O)O1. The maximum absolute atomic E-state index is 10.9. The second-order valence-electron chi connectivity index (χ2n) is 3.48. The Morgan fingerprint density at radius 1 is 1.43 bits per heavy atom. The minimum Gasteiger partial charge on any atom is -0.436 e. The van der Waals surface area contributed by atoms with Gasteiger partial charge in [-0.15, -0.1) is 0 Å². The van der Waals surface area contributed by atoms with E-state index in [-0.39, 0.29) is 6.09 Å². The van der Waals surface area contributed by atoms with E-state index >= 15 is 0 Å². The maximum atomic E-state index is 10.9. The van der Waals surface area contributed by atoms with Gasteiger partial charge < -0.3 is 10.1 Å². The predicted octanol–water partition coefficient (Wildman–Crippen LogP) is 2.29. The van der Waals surface area contributed by atoms with Crippen LogP contribution < -0.4 is 5.32 Å². The van der Waals surface area contributed by atoms with Crippen LogP contribution in [0.2, 0.25) is 5.02 Å². The average molecular weight is 212 g/mol. The molecule has 0 aromatic heterocycles. The number of benzene rings is 1. The summed E-state index contributed by atoms with van der Waals surface area (Å²) in [6, 6.07) is 7.30. The fourth-order valence-corrected chi connectivity index (χ4v) is 1.61. The molecule has 1 aliphatic heterocycles. The number of carbonyl (C=O) groups excluding carboxylic acids is 1.